The van der Waals surface area contributed by atoms with Crippen molar-refractivity contribution >= 4 is 11.7 Å². The Morgan fingerprint density at radius 1 is 0.808 bits per heavy atom. The topological polar surface area (TPSA) is 41.1 Å². The van der Waals surface area contributed by atoms with Crippen LogP contribution in [-0.4, -0.2) is 12.6 Å². The Hall–Kier alpha value is -3.14. The molecule has 2 N–H and O–H groups in total. The van der Waals surface area contributed by atoms with Crippen LogP contribution in [0.3, 0.4) is 0 Å². The summed E-state index contributed by atoms with van der Waals surface area (Å²) >= 11 is 0. The van der Waals surface area contributed by atoms with E-state index in [2.05, 4.69) is 34.9 Å². The quantitative estimate of drug-likeness (QED) is 0.634. The lowest BCUT2D eigenvalue weighted by molar-refractivity contribution is 0.252. The summed E-state index contributed by atoms with van der Waals surface area (Å²) in [5, 5.41) is 5.58. The smallest absolute Gasteiger partial charge is 0.319 e. The van der Waals surface area contributed by atoms with E-state index < -0.39 is 0 Å². The maximum absolute atomic E-state index is 12.9. The van der Waals surface area contributed by atoms with Crippen LogP contribution in [-0.2, 0) is 0 Å². The van der Waals surface area contributed by atoms with E-state index in [9.17, 15) is 9.18 Å². The molecule has 0 aliphatic carbocycles. The first kappa shape index (κ1) is 17.7. The average molecular weight is 348 g/mol. The second kappa shape index (κ2) is 8.81. The van der Waals surface area contributed by atoms with Crippen LogP contribution in [0.15, 0.2) is 84.9 Å². The summed E-state index contributed by atoms with van der Waals surface area (Å²) in [6, 6.07) is 25.9. The number of halogens is 1. The van der Waals surface area contributed by atoms with Gasteiger partial charge in [0.15, 0.2) is 0 Å². The normalized spacial score (nSPS) is 10.5. The van der Waals surface area contributed by atoms with E-state index in [4.69, 9.17) is 0 Å². The number of anilines is 1. The highest BCUT2D eigenvalue weighted by Gasteiger charge is 2.14. The largest absolute Gasteiger partial charge is 0.338 e. The first-order valence-electron chi connectivity index (χ1n) is 8.62. The van der Waals surface area contributed by atoms with Crippen LogP contribution in [0.25, 0.3) is 0 Å². The Bertz CT molecular complexity index is 780. The summed E-state index contributed by atoms with van der Waals surface area (Å²) in [5.41, 5.74) is 3.01. The highest BCUT2D eigenvalue weighted by molar-refractivity contribution is 5.89. The summed E-state index contributed by atoms with van der Waals surface area (Å²) in [6.07, 6.45) is 0.783. The highest BCUT2D eigenvalue weighted by atomic mass is 19.1. The molecule has 0 radical (unpaired) electrons. The van der Waals surface area contributed by atoms with Crippen LogP contribution in [0.1, 0.15) is 23.5 Å². The molecule has 26 heavy (non-hydrogen) atoms. The van der Waals surface area contributed by atoms with Crippen molar-refractivity contribution in [2.24, 2.45) is 0 Å². The lowest BCUT2D eigenvalue weighted by Crippen LogP contribution is -2.30. The second-order valence-electron chi connectivity index (χ2n) is 6.05. The molecule has 0 aromatic heterocycles. The van der Waals surface area contributed by atoms with E-state index in [0.717, 1.165) is 6.42 Å². The minimum absolute atomic E-state index is 0.212. The van der Waals surface area contributed by atoms with Crippen molar-refractivity contribution in [2.45, 2.75) is 12.3 Å². The van der Waals surface area contributed by atoms with Gasteiger partial charge in [-0.2, -0.15) is 0 Å². The molecule has 0 fully saturated rings. The number of hydrogen-bond acceptors (Lipinski definition) is 1. The molecule has 0 aliphatic heterocycles. The first-order valence-corrected chi connectivity index (χ1v) is 8.62. The predicted octanol–water partition coefficient (Wildman–Crippen LogP) is 5.17. The third kappa shape index (κ3) is 4.93. The average Bonchev–Trinajstić information content (AvgIpc) is 2.68. The molecule has 0 spiro atoms. The third-order valence-corrected chi connectivity index (χ3v) is 4.22. The van der Waals surface area contributed by atoms with E-state index in [-0.39, 0.29) is 17.8 Å². The summed E-state index contributed by atoms with van der Waals surface area (Å²) in [5.74, 6) is -0.118. The number of urea groups is 1. The van der Waals surface area contributed by atoms with Gasteiger partial charge < -0.3 is 10.6 Å². The van der Waals surface area contributed by atoms with Gasteiger partial charge in [-0.1, -0.05) is 60.7 Å². The fraction of sp³-hybridized carbons (Fsp3) is 0.136. The molecule has 4 heteroatoms. The van der Waals surface area contributed by atoms with Crippen molar-refractivity contribution in [3.8, 4) is 0 Å². The van der Waals surface area contributed by atoms with E-state index in [1.165, 1.54) is 35.4 Å². The molecular weight excluding hydrogens is 327 g/mol. The van der Waals surface area contributed by atoms with Crippen LogP contribution in [0, 0.1) is 5.82 Å². The maximum atomic E-state index is 12.9. The SMILES string of the molecule is O=C(NCCC(c1ccccc1)c1ccccc1)Nc1ccc(F)cc1. The second-order valence-corrected chi connectivity index (χ2v) is 6.05. The Labute approximate surface area is 152 Å². The van der Waals surface area contributed by atoms with Crippen molar-refractivity contribution < 1.29 is 9.18 Å². The first-order chi connectivity index (χ1) is 12.7. The standard InChI is InChI=1S/C22H21FN2O/c23-19-11-13-20(14-12-19)25-22(26)24-16-15-21(17-7-3-1-4-8-17)18-9-5-2-6-10-18/h1-14,21H,15-16H2,(H2,24,25,26). The van der Waals surface area contributed by atoms with Gasteiger partial charge in [0.1, 0.15) is 5.82 Å². The maximum Gasteiger partial charge on any atom is 0.319 e. The number of carbonyl (C=O) groups is 1. The monoisotopic (exact) mass is 348 g/mol. The van der Waals surface area contributed by atoms with Gasteiger partial charge >= 0.3 is 6.03 Å². The fourth-order valence-corrected chi connectivity index (χ4v) is 2.94. The summed E-state index contributed by atoms with van der Waals surface area (Å²) in [4.78, 5) is 12.0. The van der Waals surface area contributed by atoms with Crippen molar-refractivity contribution in [2.75, 3.05) is 11.9 Å². The van der Waals surface area contributed by atoms with E-state index >= 15 is 0 Å². The summed E-state index contributed by atoms with van der Waals surface area (Å²) in [6.45, 7) is 0.529. The molecule has 132 valence electrons. The zero-order valence-corrected chi connectivity index (χ0v) is 14.4. The third-order valence-electron chi connectivity index (χ3n) is 4.22. The Morgan fingerprint density at radius 2 is 1.35 bits per heavy atom. The van der Waals surface area contributed by atoms with Gasteiger partial charge in [-0.3, -0.25) is 0 Å². The predicted molar refractivity (Wildman–Crippen MR) is 103 cm³/mol. The molecule has 0 bridgehead atoms. The molecule has 0 saturated carbocycles. The Morgan fingerprint density at radius 3 is 1.88 bits per heavy atom. The molecule has 0 saturated heterocycles. The van der Waals surface area contributed by atoms with Crippen LogP contribution >= 0.6 is 0 Å². The van der Waals surface area contributed by atoms with E-state index in [1.807, 2.05) is 36.4 Å². The molecule has 0 aliphatic rings. The molecule has 3 rings (SSSR count). The van der Waals surface area contributed by atoms with E-state index in [0.29, 0.717) is 12.2 Å². The lowest BCUT2D eigenvalue weighted by Gasteiger charge is -2.18. The van der Waals surface area contributed by atoms with Gasteiger partial charge in [0, 0.05) is 18.2 Å². The molecule has 3 aromatic carbocycles. The highest BCUT2D eigenvalue weighted by Crippen LogP contribution is 2.27. The molecule has 3 aromatic rings. The van der Waals surface area contributed by atoms with Gasteiger partial charge in [0.25, 0.3) is 0 Å². The van der Waals surface area contributed by atoms with Crippen LogP contribution in [0.5, 0.6) is 0 Å². The number of nitrogens with one attached hydrogen (secondary N) is 2. The molecule has 3 nitrogen and oxygen atoms in total. The molecule has 0 heterocycles. The van der Waals surface area contributed by atoms with Crippen LogP contribution < -0.4 is 10.6 Å². The Balaban J connectivity index is 1.59. The summed E-state index contributed by atoms with van der Waals surface area (Å²) in [7, 11) is 0. The van der Waals surface area contributed by atoms with E-state index in [1.54, 1.807) is 0 Å². The van der Waals surface area contributed by atoms with Gasteiger partial charge in [0.2, 0.25) is 0 Å². The molecule has 0 atom stereocenters. The number of rotatable bonds is 6. The minimum atomic E-state index is -0.329. The van der Waals surface area contributed by atoms with Gasteiger partial charge in [-0.05, 0) is 41.8 Å². The number of hydrogen-bond donors (Lipinski definition) is 2. The van der Waals surface area contributed by atoms with Crippen molar-refractivity contribution in [3.05, 3.63) is 102 Å². The summed E-state index contributed by atoms with van der Waals surface area (Å²) < 4.78 is 12.9. The number of amides is 2. The van der Waals surface area contributed by atoms with Crippen LogP contribution in [0.4, 0.5) is 14.9 Å². The van der Waals surface area contributed by atoms with Gasteiger partial charge in [-0.25, -0.2) is 9.18 Å². The van der Waals surface area contributed by atoms with Gasteiger partial charge in [-0.15, -0.1) is 0 Å². The van der Waals surface area contributed by atoms with Gasteiger partial charge in [0.05, 0.1) is 0 Å². The van der Waals surface area contributed by atoms with Crippen molar-refractivity contribution in [1.29, 1.82) is 0 Å². The zero-order chi connectivity index (χ0) is 18.2. The number of carbonyl (C=O) groups excluding carboxylic acids is 1. The fourth-order valence-electron chi connectivity index (χ4n) is 2.94. The number of benzene rings is 3. The van der Waals surface area contributed by atoms with Crippen molar-refractivity contribution in [3.63, 3.8) is 0 Å². The van der Waals surface area contributed by atoms with Crippen molar-refractivity contribution in [1.82, 2.24) is 5.32 Å². The Kier molecular flexibility index (Phi) is 5.99. The lowest BCUT2D eigenvalue weighted by atomic mass is 9.88. The van der Waals surface area contributed by atoms with Crippen LogP contribution in [0.2, 0.25) is 0 Å². The molecular formula is C22H21FN2O. The zero-order valence-electron chi connectivity index (χ0n) is 14.4. The molecule has 0 unspecified atom stereocenters. The minimum Gasteiger partial charge on any atom is -0.338 e. The molecule has 2 amide bonds.